The summed E-state index contributed by atoms with van der Waals surface area (Å²) < 4.78 is 5.42. The van der Waals surface area contributed by atoms with Gasteiger partial charge in [-0.25, -0.2) is 4.99 Å². The molecular formula is C20H34N4O. The summed E-state index contributed by atoms with van der Waals surface area (Å²) in [4.78, 5) is 7.36. The van der Waals surface area contributed by atoms with E-state index >= 15 is 0 Å². The van der Waals surface area contributed by atoms with Gasteiger partial charge in [-0.15, -0.1) is 0 Å². The lowest BCUT2D eigenvalue weighted by Gasteiger charge is -2.31. The van der Waals surface area contributed by atoms with Crippen LogP contribution < -0.4 is 15.4 Å². The van der Waals surface area contributed by atoms with E-state index < -0.39 is 0 Å². The summed E-state index contributed by atoms with van der Waals surface area (Å²) in [7, 11) is 1.70. The Labute approximate surface area is 152 Å². The molecule has 5 heteroatoms. The summed E-state index contributed by atoms with van der Waals surface area (Å²) in [6, 6.07) is 8.60. The lowest BCUT2D eigenvalue weighted by Crippen LogP contribution is -2.48. The van der Waals surface area contributed by atoms with Gasteiger partial charge in [0.05, 0.1) is 13.7 Å². The van der Waals surface area contributed by atoms with Crippen molar-refractivity contribution >= 4 is 5.96 Å². The van der Waals surface area contributed by atoms with Gasteiger partial charge in [0.25, 0.3) is 0 Å². The fraction of sp³-hybridized carbons (Fsp3) is 0.650. The molecule has 1 aliphatic heterocycles. The molecule has 25 heavy (non-hydrogen) atoms. The quantitative estimate of drug-likeness (QED) is 0.561. The molecule has 140 valence electrons. The number of hydrogen-bond acceptors (Lipinski definition) is 3. The minimum atomic E-state index is 0.553. The highest BCUT2D eigenvalue weighted by Gasteiger charge is 2.24. The number of aliphatic imine (C=N–C) groups is 1. The minimum Gasteiger partial charge on any atom is -0.496 e. The zero-order valence-corrected chi connectivity index (χ0v) is 16.2. The highest BCUT2D eigenvalue weighted by Crippen LogP contribution is 2.18. The Morgan fingerprint density at radius 3 is 2.56 bits per heavy atom. The van der Waals surface area contributed by atoms with Crippen LogP contribution in [0.25, 0.3) is 0 Å². The molecule has 0 radical (unpaired) electrons. The topological polar surface area (TPSA) is 48.9 Å². The molecule has 0 spiro atoms. The largest absolute Gasteiger partial charge is 0.496 e. The van der Waals surface area contributed by atoms with Gasteiger partial charge < -0.3 is 15.4 Å². The number of para-hydroxylation sites is 1. The maximum atomic E-state index is 5.42. The fourth-order valence-corrected chi connectivity index (χ4v) is 3.40. The maximum absolute atomic E-state index is 5.42. The van der Waals surface area contributed by atoms with E-state index in [4.69, 9.17) is 9.73 Å². The Morgan fingerprint density at radius 1 is 1.20 bits per heavy atom. The zero-order chi connectivity index (χ0) is 18.1. The average Bonchev–Trinajstić information content (AvgIpc) is 3.14. The Morgan fingerprint density at radius 2 is 1.92 bits per heavy atom. The first kappa shape index (κ1) is 19.6. The third-order valence-corrected chi connectivity index (χ3v) is 4.80. The van der Waals surface area contributed by atoms with Crippen LogP contribution in [0, 0.1) is 5.92 Å². The van der Waals surface area contributed by atoms with Crippen molar-refractivity contribution in [3.05, 3.63) is 29.8 Å². The van der Waals surface area contributed by atoms with E-state index in [2.05, 4.69) is 42.4 Å². The van der Waals surface area contributed by atoms with E-state index in [-0.39, 0.29) is 0 Å². The first-order valence-corrected chi connectivity index (χ1v) is 9.53. The summed E-state index contributed by atoms with van der Waals surface area (Å²) in [5.41, 5.74) is 1.10. The highest BCUT2D eigenvalue weighted by atomic mass is 16.5. The molecule has 0 bridgehead atoms. The molecule has 1 heterocycles. The fourth-order valence-electron chi connectivity index (χ4n) is 3.40. The van der Waals surface area contributed by atoms with Gasteiger partial charge in [0.1, 0.15) is 5.75 Å². The lowest BCUT2D eigenvalue weighted by molar-refractivity contribution is 0.192. The van der Waals surface area contributed by atoms with E-state index in [1.54, 1.807) is 7.11 Å². The van der Waals surface area contributed by atoms with Crippen LogP contribution in [-0.2, 0) is 6.54 Å². The average molecular weight is 347 g/mol. The number of likely N-dealkylation sites (tertiary alicyclic amines) is 1. The zero-order valence-electron chi connectivity index (χ0n) is 16.2. The Hall–Kier alpha value is -1.75. The number of nitrogens with zero attached hydrogens (tertiary/aromatic N) is 2. The molecule has 0 aliphatic carbocycles. The van der Waals surface area contributed by atoms with Gasteiger partial charge in [-0.05, 0) is 44.8 Å². The Balaban J connectivity index is 1.98. The van der Waals surface area contributed by atoms with Crippen molar-refractivity contribution in [1.82, 2.24) is 15.5 Å². The molecule has 0 amide bonds. The molecule has 1 saturated heterocycles. The molecule has 1 fully saturated rings. The van der Waals surface area contributed by atoms with Crippen molar-refractivity contribution in [2.45, 2.75) is 46.2 Å². The molecule has 0 aromatic heterocycles. The minimum absolute atomic E-state index is 0.553. The normalized spacial score (nSPS) is 16.9. The van der Waals surface area contributed by atoms with Crippen LogP contribution in [0.2, 0.25) is 0 Å². The summed E-state index contributed by atoms with van der Waals surface area (Å²) >= 11 is 0. The second-order valence-electron chi connectivity index (χ2n) is 6.94. The van der Waals surface area contributed by atoms with Crippen molar-refractivity contribution in [1.29, 1.82) is 0 Å². The molecule has 1 aromatic rings. The van der Waals surface area contributed by atoms with Crippen LogP contribution in [0.1, 0.15) is 39.2 Å². The summed E-state index contributed by atoms with van der Waals surface area (Å²) in [6.45, 7) is 11.5. The molecule has 1 unspecified atom stereocenters. The van der Waals surface area contributed by atoms with E-state index in [0.29, 0.717) is 18.5 Å². The highest BCUT2D eigenvalue weighted by molar-refractivity contribution is 5.79. The van der Waals surface area contributed by atoms with Crippen molar-refractivity contribution in [2.75, 3.05) is 33.3 Å². The lowest BCUT2D eigenvalue weighted by atomic mass is 10.0. The Bertz CT molecular complexity index is 538. The second kappa shape index (κ2) is 10.3. The van der Waals surface area contributed by atoms with Crippen LogP contribution in [0.5, 0.6) is 5.75 Å². The van der Waals surface area contributed by atoms with Crippen LogP contribution in [0.15, 0.2) is 29.3 Å². The van der Waals surface area contributed by atoms with Crippen LogP contribution in [0.4, 0.5) is 0 Å². The van der Waals surface area contributed by atoms with Crippen LogP contribution in [0.3, 0.4) is 0 Å². The van der Waals surface area contributed by atoms with Crippen molar-refractivity contribution in [3.8, 4) is 5.75 Å². The van der Waals surface area contributed by atoms with Crippen LogP contribution >= 0.6 is 0 Å². The number of guanidine groups is 1. The van der Waals surface area contributed by atoms with E-state index in [0.717, 1.165) is 30.4 Å². The SMILES string of the molecule is CCNC(=NCc1ccccc1OC)NCC(C(C)C)N1CCCC1. The monoisotopic (exact) mass is 346 g/mol. The number of hydrogen-bond donors (Lipinski definition) is 2. The van der Waals surface area contributed by atoms with Crippen molar-refractivity contribution in [3.63, 3.8) is 0 Å². The van der Waals surface area contributed by atoms with E-state index in [9.17, 15) is 0 Å². The number of nitrogens with one attached hydrogen (secondary N) is 2. The van der Waals surface area contributed by atoms with Gasteiger partial charge in [0, 0.05) is 24.7 Å². The maximum Gasteiger partial charge on any atom is 0.191 e. The molecule has 0 saturated carbocycles. The van der Waals surface area contributed by atoms with Crippen molar-refractivity contribution < 1.29 is 4.74 Å². The summed E-state index contributed by atoms with van der Waals surface area (Å²) in [5.74, 6) is 2.39. The van der Waals surface area contributed by atoms with Gasteiger partial charge >= 0.3 is 0 Å². The van der Waals surface area contributed by atoms with Gasteiger partial charge in [-0.1, -0.05) is 32.0 Å². The third kappa shape index (κ3) is 5.92. The van der Waals surface area contributed by atoms with E-state index in [1.165, 1.54) is 25.9 Å². The van der Waals surface area contributed by atoms with Crippen LogP contribution in [-0.4, -0.2) is 50.2 Å². The van der Waals surface area contributed by atoms with Gasteiger partial charge in [-0.2, -0.15) is 0 Å². The molecule has 1 atom stereocenters. The number of rotatable bonds is 8. The molecule has 2 rings (SSSR count). The smallest absolute Gasteiger partial charge is 0.191 e. The first-order valence-electron chi connectivity index (χ1n) is 9.53. The molecule has 5 nitrogen and oxygen atoms in total. The summed E-state index contributed by atoms with van der Waals surface area (Å²) in [5, 5.41) is 6.90. The van der Waals surface area contributed by atoms with Crippen molar-refractivity contribution in [2.24, 2.45) is 10.9 Å². The molecule has 1 aliphatic rings. The third-order valence-electron chi connectivity index (χ3n) is 4.80. The van der Waals surface area contributed by atoms with E-state index in [1.807, 2.05) is 18.2 Å². The predicted octanol–water partition coefficient (Wildman–Crippen LogP) is 2.87. The second-order valence-corrected chi connectivity index (χ2v) is 6.94. The van der Waals surface area contributed by atoms with Gasteiger partial charge in [0.2, 0.25) is 0 Å². The number of ether oxygens (including phenoxy) is 1. The molecular weight excluding hydrogens is 312 g/mol. The predicted molar refractivity (Wildman–Crippen MR) is 105 cm³/mol. The first-order chi connectivity index (χ1) is 12.2. The number of benzene rings is 1. The standard InChI is InChI=1S/C20H34N4O/c1-5-21-20(22-14-17-10-6-7-11-19(17)25-4)23-15-18(16(2)3)24-12-8-9-13-24/h6-7,10-11,16,18H,5,8-9,12-15H2,1-4H3,(H2,21,22,23). The van der Waals surface area contributed by atoms with Gasteiger partial charge in [0.15, 0.2) is 5.96 Å². The molecule has 2 N–H and O–H groups in total. The number of methoxy groups -OCH3 is 1. The molecule has 1 aromatic carbocycles. The summed E-state index contributed by atoms with van der Waals surface area (Å²) in [6.07, 6.45) is 2.65. The Kier molecular flexibility index (Phi) is 8.06. The van der Waals surface area contributed by atoms with Gasteiger partial charge in [-0.3, -0.25) is 4.90 Å².